The van der Waals surface area contributed by atoms with Crippen LogP contribution in [0.15, 0.2) is 41.8 Å². The van der Waals surface area contributed by atoms with E-state index in [0.717, 1.165) is 17.5 Å². The van der Waals surface area contributed by atoms with Gasteiger partial charge in [0.25, 0.3) is 0 Å². The molecule has 0 saturated heterocycles. The van der Waals surface area contributed by atoms with Crippen LogP contribution in [0.5, 0.6) is 0 Å². The van der Waals surface area contributed by atoms with Crippen molar-refractivity contribution in [2.75, 3.05) is 0 Å². The molecule has 0 aliphatic carbocycles. The lowest BCUT2D eigenvalue weighted by Gasteiger charge is -2.11. The third-order valence-electron chi connectivity index (χ3n) is 3.56. The Hall–Kier alpha value is -2.54. The van der Waals surface area contributed by atoms with Crippen molar-refractivity contribution in [2.45, 2.75) is 19.9 Å². The Morgan fingerprint density at radius 2 is 2.13 bits per heavy atom. The normalized spacial score (nSPS) is 12.0. The SMILES string of the molecule is C[C@H](Cc1cccs1)C(=O)NCc1ccc(-c2nn[nH]n2)cc1. The lowest BCUT2D eigenvalue weighted by atomic mass is 10.1. The van der Waals surface area contributed by atoms with E-state index in [0.29, 0.717) is 12.4 Å². The molecule has 6 nitrogen and oxygen atoms in total. The van der Waals surface area contributed by atoms with E-state index in [1.54, 1.807) is 11.3 Å². The number of carbonyl (C=O) groups excluding carboxylic acids is 1. The molecule has 2 aromatic heterocycles. The van der Waals surface area contributed by atoms with Crippen LogP contribution in [0.2, 0.25) is 0 Å². The van der Waals surface area contributed by atoms with Crippen molar-refractivity contribution < 1.29 is 4.79 Å². The molecule has 2 heterocycles. The van der Waals surface area contributed by atoms with Crippen LogP contribution in [0.3, 0.4) is 0 Å². The van der Waals surface area contributed by atoms with E-state index in [1.165, 1.54) is 4.88 Å². The molecule has 0 unspecified atom stereocenters. The number of aromatic nitrogens is 4. The van der Waals surface area contributed by atoms with Gasteiger partial charge in [-0.05, 0) is 28.6 Å². The molecule has 3 aromatic rings. The fourth-order valence-electron chi connectivity index (χ4n) is 2.24. The van der Waals surface area contributed by atoms with E-state index >= 15 is 0 Å². The molecule has 23 heavy (non-hydrogen) atoms. The van der Waals surface area contributed by atoms with Crippen molar-refractivity contribution in [3.63, 3.8) is 0 Å². The first-order valence-corrected chi connectivity index (χ1v) is 8.23. The number of H-pyrrole nitrogens is 1. The quantitative estimate of drug-likeness (QED) is 0.728. The molecule has 0 aliphatic heterocycles. The van der Waals surface area contributed by atoms with Crippen molar-refractivity contribution in [2.24, 2.45) is 5.92 Å². The second kappa shape index (κ2) is 7.15. The van der Waals surface area contributed by atoms with Crippen molar-refractivity contribution in [1.29, 1.82) is 0 Å². The molecule has 0 fully saturated rings. The van der Waals surface area contributed by atoms with Gasteiger partial charge in [0.05, 0.1) is 0 Å². The third kappa shape index (κ3) is 4.01. The molecule has 7 heteroatoms. The Bertz CT molecular complexity index is 737. The molecule has 0 radical (unpaired) electrons. The van der Waals surface area contributed by atoms with Crippen molar-refractivity contribution in [1.82, 2.24) is 25.9 Å². The van der Waals surface area contributed by atoms with Gasteiger partial charge in [0.15, 0.2) is 0 Å². The molecule has 0 spiro atoms. The van der Waals surface area contributed by atoms with Crippen molar-refractivity contribution >= 4 is 17.2 Å². The number of amides is 1. The number of aromatic amines is 1. The fourth-order valence-corrected chi connectivity index (χ4v) is 3.08. The van der Waals surface area contributed by atoms with Gasteiger partial charge < -0.3 is 5.32 Å². The zero-order valence-electron chi connectivity index (χ0n) is 12.7. The first kappa shape index (κ1) is 15.4. The molecule has 1 aromatic carbocycles. The number of carbonyl (C=O) groups is 1. The number of nitrogens with zero attached hydrogens (tertiary/aromatic N) is 3. The van der Waals surface area contributed by atoms with Crippen LogP contribution in [-0.2, 0) is 17.8 Å². The van der Waals surface area contributed by atoms with Gasteiger partial charge in [-0.25, -0.2) is 0 Å². The number of nitrogens with one attached hydrogen (secondary N) is 2. The first-order valence-electron chi connectivity index (χ1n) is 7.35. The van der Waals surface area contributed by atoms with Crippen LogP contribution in [0.25, 0.3) is 11.4 Å². The fraction of sp³-hybridized carbons (Fsp3) is 0.250. The molecule has 0 aliphatic rings. The predicted octanol–water partition coefficient (Wildman–Crippen LogP) is 2.42. The summed E-state index contributed by atoms with van der Waals surface area (Å²) < 4.78 is 0. The van der Waals surface area contributed by atoms with Crippen LogP contribution >= 0.6 is 11.3 Å². The van der Waals surface area contributed by atoms with E-state index in [1.807, 2.05) is 42.6 Å². The van der Waals surface area contributed by atoms with Gasteiger partial charge in [0, 0.05) is 22.9 Å². The van der Waals surface area contributed by atoms with Gasteiger partial charge in [-0.3, -0.25) is 4.79 Å². The molecular formula is C16H17N5OS. The highest BCUT2D eigenvalue weighted by Gasteiger charge is 2.13. The predicted molar refractivity (Wildman–Crippen MR) is 88.6 cm³/mol. The second-order valence-electron chi connectivity index (χ2n) is 5.33. The number of hydrogen-bond acceptors (Lipinski definition) is 5. The molecule has 0 bridgehead atoms. The number of benzene rings is 1. The monoisotopic (exact) mass is 327 g/mol. The zero-order valence-corrected chi connectivity index (χ0v) is 13.5. The molecule has 1 atom stereocenters. The highest BCUT2D eigenvalue weighted by molar-refractivity contribution is 7.09. The average molecular weight is 327 g/mol. The van der Waals surface area contributed by atoms with Gasteiger partial charge in [0.1, 0.15) is 0 Å². The van der Waals surface area contributed by atoms with Gasteiger partial charge >= 0.3 is 0 Å². The summed E-state index contributed by atoms with van der Waals surface area (Å²) in [6.45, 7) is 2.47. The number of hydrogen-bond donors (Lipinski definition) is 2. The van der Waals surface area contributed by atoms with E-state index in [-0.39, 0.29) is 11.8 Å². The summed E-state index contributed by atoms with van der Waals surface area (Å²) in [6, 6.07) is 11.8. The molecule has 3 rings (SSSR count). The molecule has 0 saturated carbocycles. The maximum absolute atomic E-state index is 12.2. The Morgan fingerprint density at radius 1 is 1.30 bits per heavy atom. The Morgan fingerprint density at radius 3 is 2.78 bits per heavy atom. The molecule has 118 valence electrons. The summed E-state index contributed by atoms with van der Waals surface area (Å²) in [7, 11) is 0. The minimum atomic E-state index is -0.0350. The summed E-state index contributed by atoms with van der Waals surface area (Å²) in [5.74, 6) is 0.595. The van der Waals surface area contributed by atoms with E-state index in [9.17, 15) is 4.79 Å². The first-order chi connectivity index (χ1) is 11.2. The van der Waals surface area contributed by atoms with Gasteiger partial charge in [0.2, 0.25) is 11.7 Å². The Balaban J connectivity index is 1.52. The lowest BCUT2D eigenvalue weighted by molar-refractivity contribution is -0.124. The average Bonchev–Trinajstić information content (AvgIpc) is 3.26. The maximum atomic E-state index is 12.2. The lowest BCUT2D eigenvalue weighted by Crippen LogP contribution is -2.29. The van der Waals surface area contributed by atoms with Gasteiger partial charge in [-0.1, -0.05) is 37.3 Å². The third-order valence-corrected chi connectivity index (χ3v) is 4.46. The topological polar surface area (TPSA) is 83.6 Å². The summed E-state index contributed by atoms with van der Waals surface area (Å²) in [5.41, 5.74) is 1.92. The number of rotatable bonds is 6. The van der Waals surface area contributed by atoms with Gasteiger partial charge in [-0.15, -0.1) is 21.5 Å². The van der Waals surface area contributed by atoms with E-state index in [4.69, 9.17) is 0 Å². The second-order valence-corrected chi connectivity index (χ2v) is 6.37. The molecular weight excluding hydrogens is 310 g/mol. The van der Waals surface area contributed by atoms with Crippen molar-refractivity contribution in [3.8, 4) is 11.4 Å². The summed E-state index contributed by atoms with van der Waals surface area (Å²) in [6.07, 6.45) is 0.778. The number of tetrazole rings is 1. The molecule has 2 N–H and O–H groups in total. The minimum Gasteiger partial charge on any atom is -0.352 e. The van der Waals surface area contributed by atoms with Crippen LogP contribution in [-0.4, -0.2) is 26.5 Å². The Kier molecular flexibility index (Phi) is 4.77. The maximum Gasteiger partial charge on any atom is 0.223 e. The summed E-state index contributed by atoms with van der Waals surface area (Å²) in [4.78, 5) is 13.4. The highest BCUT2D eigenvalue weighted by atomic mass is 32.1. The van der Waals surface area contributed by atoms with Crippen LogP contribution in [0.1, 0.15) is 17.4 Å². The minimum absolute atomic E-state index is 0.0350. The number of thiophene rings is 1. The van der Waals surface area contributed by atoms with E-state index < -0.39 is 0 Å². The van der Waals surface area contributed by atoms with Crippen molar-refractivity contribution in [3.05, 3.63) is 52.2 Å². The van der Waals surface area contributed by atoms with E-state index in [2.05, 4.69) is 32.0 Å². The van der Waals surface area contributed by atoms with Crippen LogP contribution in [0, 0.1) is 5.92 Å². The van der Waals surface area contributed by atoms with Crippen LogP contribution < -0.4 is 5.32 Å². The smallest absolute Gasteiger partial charge is 0.223 e. The van der Waals surface area contributed by atoms with Crippen LogP contribution in [0.4, 0.5) is 0 Å². The highest BCUT2D eigenvalue weighted by Crippen LogP contribution is 2.16. The van der Waals surface area contributed by atoms with Gasteiger partial charge in [-0.2, -0.15) is 5.21 Å². The standard InChI is InChI=1S/C16H17N5OS/c1-11(9-14-3-2-8-23-14)16(22)17-10-12-4-6-13(7-5-12)15-18-20-21-19-15/h2-8,11H,9-10H2,1H3,(H,17,22)(H,18,19,20,21)/t11-/m1/s1. The molecule has 1 amide bonds. The summed E-state index contributed by atoms with van der Waals surface area (Å²) >= 11 is 1.68. The largest absolute Gasteiger partial charge is 0.352 e. The summed E-state index contributed by atoms with van der Waals surface area (Å²) in [5, 5.41) is 18.8. The zero-order chi connectivity index (χ0) is 16.1. The Labute approximate surface area is 137 Å².